The summed E-state index contributed by atoms with van der Waals surface area (Å²) < 4.78 is 36.4. The van der Waals surface area contributed by atoms with Gasteiger partial charge in [0.25, 0.3) is 17.4 Å². The highest BCUT2D eigenvalue weighted by molar-refractivity contribution is 6.23. The topological polar surface area (TPSA) is 190 Å². The van der Waals surface area contributed by atoms with E-state index < -0.39 is 47.2 Å². The van der Waals surface area contributed by atoms with E-state index in [4.69, 9.17) is 4.74 Å². The number of nitriles is 1. The molecule has 6 aliphatic rings. The van der Waals surface area contributed by atoms with E-state index in [0.717, 1.165) is 94.9 Å². The Morgan fingerprint density at radius 2 is 1.50 bits per heavy atom. The quantitative estimate of drug-likeness (QED) is 0.182. The molecule has 2 aromatic heterocycles. The molecule has 360 valence electrons. The highest BCUT2D eigenvalue weighted by Crippen LogP contribution is 2.43. The number of rotatable bonds is 9. The zero-order chi connectivity index (χ0) is 48.3. The number of piperidine rings is 4. The van der Waals surface area contributed by atoms with Gasteiger partial charge in [-0.2, -0.15) is 5.26 Å². The van der Waals surface area contributed by atoms with Crippen LogP contribution in [0.25, 0.3) is 16.6 Å². The Bertz CT molecular complexity index is 3030. The lowest BCUT2D eigenvalue weighted by Crippen LogP contribution is -2.54. The molecule has 0 bridgehead atoms. The van der Waals surface area contributed by atoms with Gasteiger partial charge in [0.05, 0.1) is 45.8 Å². The molecule has 1 N–H and O–H groups in total. The molecule has 1 spiro atoms. The van der Waals surface area contributed by atoms with Gasteiger partial charge in [0.2, 0.25) is 17.8 Å². The summed E-state index contributed by atoms with van der Waals surface area (Å²) in [6, 6.07) is 13.6. The number of carbonyl (C=O) groups excluding carboxylic acids is 4. The maximum atomic E-state index is 15.1. The van der Waals surface area contributed by atoms with Crippen LogP contribution in [0.1, 0.15) is 84.1 Å². The van der Waals surface area contributed by atoms with Crippen LogP contribution in [0.3, 0.4) is 0 Å². The molecule has 70 heavy (non-hydrogen) atoms. The third-order valence-electron chi connectivity index (χ3n) is 15.5. The van der Waals surface area contributed by atoms with Crippen LogP contribution in [0.15, 0.2) is 72.0 Å². The van der Waals surface area contributed by atoms with E-state index in [9.17, 15) is 33.6 Å². The van der Waals surface area contributed by atoms with Crippen LogP contribution in [-0.4, -0.2) is 124 Å². The number of ether oxygens (including phenoxy) is 1. The number of hydrogen-bond donors (Lipinski definition) is 1. The van der Waals surface area contributed by atoms with Gasteiger partial charge in [-0.05, 0) is 124 Å². The van der Waals surface area contributed by atoms with E-state index >= 15 is 4.39 Å². The predicted molar refractivity (Wildman–Crippen MR) is 253 cm³/mol. The molecule has 3 aromatic carbocycles. The summed E-state index contributed by atoms with van der Waals surface area (Å²) in [5.41, 5.74) is 2.54. The van der Waals surface area contributed by atoms with Crippen molar-refractivity contribution < 1.29 is 32.7 Å². The number of aromatic nitrogens is 4. The second-order valence-electron chi connectivity index (χ2n) is 19.6. The standard InChI is InChI=1S/C51H51F2N11O6/c52-32-11-18-62(29-32)42-6-4-40(53)45(39(42)25-54)70-35-2-5-41-38(24-35)47(67)63(30-57-41)34-26-55-50(56-27-34)61-21-14-51(15-22-61)12-19-59(20-13-51)28-31-9-16-60(17-10-31)33-1-3-36-37(23-33)49(69)64(48(36)68)43-7-8-44(65)58-46(43)66/h1-6,23-24,26-27,30-32,43H,7-22,28-29H2,(H,58,65,66)/t32-,43?/m1/s1. The maximum Gasteiger partial charge on any atom is 0.266 e. The first-order chi connectivity index (χ1) is 33.9. The second kappa shape index (κ2) is 18.2. The number of carbonyl (C=O) groups is 4. The van der Waals surface area contributed by atoms with Crippen molar-refractivity contribution in [2.45, 2.75) is 70.0 Å². The molecule has 0 aliphatic carbocycles. The summed E-state index contributed by atoms with van der Waals surface area (Å²) in [5.74, 6) is -1.74. The van der Waals surface area contributed by atoms with Gasteiger partial charge in [0, 0.05) is 57.9 Å². The molecule has 0 radical (unpaired) electrons. The monoisotopic (exact) mass is 951 g/mol. The van der Waals surface area contributed by atoms with E-state index in [1.165, 1.54) is 29.1 Å². The van der Waals surface area contributed by atoms with E-state index in [-0.39, 0.29) is 47.3 Å². The van der Waals surface area contributed by atoms with E-state index in [1.807, 2.05) is 12.1 Å². The van der Waals surface area contributed by atoms with Crippen LogP contribution in [0, 0.1) is 28.5 Å². The van der Waals surface area contributed by atoms with Crippen molar-refractivity contribution in [3.05, 3.63) is 100 Å². The summed E-state index contributed by atoms with van der Waals surface area (Å²) in [7, 11) is 0. The Morgan fingerprint density at radius 1 is 0.771 bits per heavy atom. The minimum Gasteiger partial charge on any atom is -0.453 e. The molecule has 2 atom stereocenters. The van der Waals surface area contributed by atoms with Crippen LogP contribution >= 0.6 is 0 Å². The van der Waals surface area contributed by atoms with Crippen LogP contribution in [0.2, 0.25) is 0 Å². The van der Waals surface area contributed by atoms with E-state index in [0.29, 0.717) is 52.9 Å². The van der Waals surface area contributed by atoms with Crippen molar-refractivity contribution >= 4 is 51.9 Å². The number of imide groups is 2. The fourth-order valence-electron chi connectivity index (χ4n) is 11.3. The fourth-order valence-corrected chi connectivity index (χ4v) is 11.3. The van der Waals surface area contributed by atoms with Crippen LogP contribution < -0.4 is 30.3 Å². The number of hydrogen-bond acceptors (Lipinski definition) is 14. The third-order valence-corrected chi connectivity index (χ3v) is 15.5. The summed E-state index contributed by atoms with van der Waals surface area (Å²) in [6.07, 6.45) is 10.6. The van der Waals surface area contributed by atoms with Gasteiger partial charge in [0.15, 0.2) is 11.6 Å². The smallest absolute Gasteiger partial charge is 0.266 e. The molecule has 17 nitrogen and oxygen atoms in total. The Kier molecular flexibility index (Phi) is 11.7. The van der Waals surface area contributed by atoms with Crippen molar-refractivity contribution in [3.63, 3.8) is 0 Å². The third kappa shape index (κ3) is 8.37. The predicted octanol–water partition coefficient (Wildman–Crippen LogP) is 5.53. The number of nitrogens with zero attached hydrogens (tertiary/aromatic N) is 10. The Morgan fingerprint density at radius 3 is 2.21 bits per heavy atom. The van der Waals surface area contributed by atoms with Gasteiger partial charge >= 0.3 is 0 Å². The Labute approximate surface area is 401 Å². The second-order valence-corrected chi connectivity index (χ2v) is 19.6. The summed E-state index contributed by atoms with van der Waals surface area (Å²) in [6.45, 7) is 7.04. The SMILES string of the molecule is N#Cc1c(N2CC[C@@H](F)C2)ccc(F)c1Oc1ccc2ncn(-c3cnc(N4CCC5(CCN(CC6CCN(c7ccc8c(c7)C(=O)N(C7CCC(=O)NC7=O)C8=O)CC6)CC5)CC4)nc3)c(=O)c2c1. The molecule has 5 aromatic rings. The summed E-state index contributed by atoms with van der Waals surface area (Å²) >= 11 is 0. The van der Waals surface area contributed by atoms with Crippen LogP contribution in [0.4, 0.5) is 26.1 Å². The number of anilines is 3. The lowest BCUT2D eigenvalue weighted by atomic mass is 9.71. The van der Waals surface area contributed by atoms with Crippen molar-refractivity contribution in [1.29, 1.82) is 5.26 Å². The fraction of sp³-hybridized carbons (Fsp3) is 0.431. The van der Waals surface area contributed by atoms with Crippen molar-refractivity contribution in [2.75, 3.05) is 73.6 Å². The van der Waals surface area contributed by atoms with Crippen LogP contribution in [0.5, 0.6) is 11.5 Å². The normalized spacial score (nSPS) is 22.0. The zero-order valence-electron chi connectivity index (χ0n) is 38.5. The lowest BCUT2D eigenvalue weighted by Gasteiger charge is -2.47. The number of likely N-dealkylation sites (tertiary alicyclic amines) is 1. The largest absolute Gasteiger partial charge is 0.453 e. The average Bonchev–Trinajstić information content (AvgIpc) is 3.92. The maximum absolute atomic E-state index is 15.1. The molecular formula is C51H51F2N11O6. The average molecular weight is 952 g/mol. The van der Waals surface area contributed by atoms with Crippen molar-refractivity contribution in [3.8, 4) is 23.3 Å². The van der Waals surface area contributed by atoms with Gasteiger partial charge in [-0.15, -0.1) is 0 Å². The Balaban J connectivity index is 0.665. The van der Waals surface area contributed by atoms with Gasteiger partial charge < -0.3 is 24.3 Å². The van der Waals surface area contributed by atoms with Gasteiger partial charge in [-0.25, -0.2) is 23.7 Å². The van der Waals surface area contributed by atoms with Gasteiger partial charge in [-0.3, -0.25) is 38.8 Å². The molecule has 4 amide bonds. The number of benzene rings is 3. The van der Waals surface area contributed by atoms with E-state index in [1.54, 1.807) is 41.6 Å². The molecular weight excluding hydrogens is 901 g/mol. The number of halogens is 2. The molecule has 0 saturated carbocycles. The molecule has 6 aliphatic heterocycles. The van der Waals surface area contributed by atoms with Gasteiger partial charge in [-0.1, -0.05) is 0 Å². The highest BCUT2D eigenvalue weighted by Gasteiger charge is 2.45. The first-order valence-corrected chi connectivity index (χ1v) is 24.2. The molecule has 19 heteroatoms. The summed E-state index contributed by atoms with van der Waals surface area (Å²) in [5, 5.41) is 12.5. The number of amides is 4. The number of nitrogens with one attached hydrogen (secondary N) is 1. The lowest BCUT2D eigenvalue weighted by molar-refractivity contribution is -0.136. The number of fused-ring (bicyclic) bond motifs is 2. The van der Waals surface area contributed by atoms with Crippen LogP contribution in [-0.2, 0) is 9.59 Å². The first-order valence-electron chi connectivity index (χ1n) is 24.2. The number of alkyl halides is 1. The van der Waals surface area contributed by atoms with E-state index in [2.05, 4.69) is 35.0 Å². The molecule has 5 saturated heterocycles. The van der Waals surface area contributed by atoms with Gasteiger partial charge in [0.1, 0.15) is 35.9 Å². The first kappa shape index (κ1) is 45.1. The molecule has 1 unspecified atom stereocenters. The summed E-state index contributed by atoms with van der Waals surface area (Å²) in [4.78, 5) is 88.2. The minimum absolute atomic E-state index is 0.0488. The zero-order valence-corrected chi connectivity index (χ0v) is 38.5. The highest BCUT2D eigenvalue weighted by atomic mass is 19.1. The van der Waals surface area contributed by atoms with Crippen molar-refractivity contribution in [1.82, 2.24) is 34.6 Å². The molecule has 5 fully saturated rings. The molecule has 11 rings (SSSR count). The van der Waals surface area contributed by atoms with Crippen molar-refractivity contribution in [2.24, 2.45) is 11.3 Å². The Hall–Kier alpha value is -7.33. The minimum atomic E-state index is -1.04. The molecule has 8 heterocycles.